The summed E-state index contributed by atoms with van der Waals surface area (Å²) in [6.45, 7) is 0. The van der Waals surface area contributed by atoms with Crippen LogP contribution in [-0.4, -0.2) is 28.2 Å². The summed E-state index contributed by atoms with van der Waals surface area (Å²) in [4.78, 5) is 18.7. The van der Waals surface area contributed by atoms with Crippen molar-refractivity contribution >= 4 is 28.6 Å². The number of carboxylic acids is 1. The number of aromatic nitrogens is 2. The quantitative estimate of drug-likeness (QED) is 0.866. The molecule has 2 aromatic rings. The van der Waals surface area contributed by atoms with Crippen molar-refractivity contribution < 1.29 is 14.6 Å². The third-order valence-corrected chi connectivity index (χ3v) is 2.30. The molecule has 0 spiro atoms. The third kappa shape index (κ3) is 1.77. The first kappa shape index (κ1) is 10.6. The van der Waals surface area contributed by atoms with E-state index in [4.69, 9.17) is 21.4 Å². The van der Waals surface area contributed by atoms with Crippen LogP contribution >= 0.6 is 11.6 Å². The van der Waals surface area contributed by atoms with Gasteiger partial charge in [-0.2, -0.15) is 4.98 Å². The lowest BCUT2D eigenvalue weighted by Gasteiger charge is -2.03. The van der Waals surface area contributed by atoms with Crippen molar-refractivity contribution in [3.05, 3.63) is 28.9 Å². The lowest BCUT2D eigenvalue weighted by Crippen LogP contribution is -1.98. The zero-order valence-corrected chi connectivity index (χ0v) is 9.02. The zero-order chi connectivity index (χ0) is 11.7. The van der Waals surface area contributed by atoms with Crippen LogP contribution < -0.4 is 4.74 Å². The minimum absolute atomic E-state index is 0.0931. The van der Waals surface area contributed by atoms with Crippen molar-refractivity contribution in [2.75, 3.05) is 7.11 Å². The molecule has 16 heavy (non-hydrogen) atoms. The highest BCUT2D eigenvalue weighted by atomic mass is 35.5. The topological polar surface area (TPSA) is 72.3 Å². The Hall–Kier alpha value is -1.88. The molecule has 0 aliphatic heterocycles. The number of carbonyl (C=O) groups is 1. The maximum absolute atomic E-state index is 10.7. The Labute approximate surface area is 95.7 Å². The highest BCUT2D eigenvalue weighted by Gasteiger charge is 2.09. The van der Waals surface area contributed by atoms with Crippen LogP contribution in [0, 0.1) is 0 Å². The van der Waals surface area contributed by atoms with Crippen LogP contribution in [0.1, 0.15) is 10.4 Å². The van der Waals surface area contributed by atoms with Crippen molar-refractivity contribution in [3.8, 4) is 5.88 Å². The average molecular weight is 239 g/mol. The molecule has 0 saturated carbocycles. The molecule has 6 heteroatoms. The van der Waals surface area contributed by atoms with Gasteiger partial charge in [0.2, 0.25) is 5.88 Å². The van der Waals surface area contributed by atoms with E-state index in [1.54, 1.807) is 6.07 Å². The van der Waals surface area contributed by atoms with Gasteiger partial charge in [0.25, 0.3) is 0 Å². The fraction of sp³-hybridized carbons (Fsp3) is 0.100. The largest absolute Gasteiger partial charge is 0.480 e. The molecule has 0 bridgehead atoms. The summed E-state index contributed by atoms with van der Waals surface area (Å²) in [5.74, 6) is -0.772. The minimum atomic E-state index is -1.04. The van der Waals surface area contributed by atoms with Gasteiger partial charge in [-0.05, 0) is 12.1 Å². The lowest BCUT2D eigenvalue weighted by molar-refractivity contribution is 0.0696. The monoisotopic (exact) mass is 238 g/mol. The van der Waals surface area contributed by atoms with Gasteiger partial charge in [0.1, 0.15) is 5.02 Å². The Balaban J connectivity index is 2.66. The number of hydrogen-bond donors (Lipinski definition) is 1. The predicted molar refractivity (Wildman–Crippen MR) is 58.1 cm³/mol. The van der Waals surface area contributed by atoms with Crippen LogP contribution in [0.4, 0.5) is 0 Å². The summed E-state index contributed by atoms with van der Waals surface area (Å²) in [7, 11) is 1.45. The molecule has 2 aromatic heterocycles. The summed E-state index contributed by atoms with van der Waals surface area (Å²) in [5.41, 5.74) is 0.488. The van der Waals surface area contributed by atoms with Crippen molar-refractivity contribution in [1.82, 2.24) is 9.97 Å². The van der Waals surface area contributed by atoms with Gasteiger partial charge in [-0.1, -0.05) is 11.6 Å². The van der Waals surface area contributed by atoms with E-state index in [0.717, 1.165) is 0 Å². The molecule has 0 aliphatic carbocycles. The Morgan fingerprint density at radius 1 is 1.50 bits per heavy atom. The van der Waals surface area contributed by atoms with E-state index in [0.29, 0.717) is 16.1 Å². The number of rotatable bonds is 2. The van der Waals surface area contributed by atoms with Crippen LogP contribution in [0.5, 0.6) is 5.88 Å². The molecule has 0 amide bonds. The Bertz CT molecular complexity index is 571. The first-order valence-corrected chi connectivity index (χ1v) is 4.73. The zero-order valence-electron chi connectivity index (χ0n) is 8.27. The fourth-order valence-electron chi connectivity index (χ4n) is 1.28. The molecule has 1 N–H and O–H groups in total. The van der Waals surface area contributed by atoms with Crippen molar-refractivity contribution in [2.45, 2.75) is 0 Å². The Morgan fingerprint density at radius 3 is 2.88 bits per heavy atom. The molecular weight excluding hydrogens is 232 g/mol. The summed E-state index contributed by atoms with van der Waals surface area (Å²) < 4.78 is 4.93. The molecule has 5 nitrogen and oxygen atoms in total. The number of carboxylic acid groups (broad SMARTS) is 1. The smallest absolute Gasteiger partial charge is 0.337 e. The van der Waals surface area contributed by atoms with E-state index < -0.39 is 5.97 Å². The van der Waals surface area contributed by atoms with Gasteiger partial charge in [-0.15, -0.1) is 0 Å². The standard InChI is InChI=1S/C10H7ClN2O3/c1-16-9-7(11)3-5-2-6(10(14)15)4-12-8(5)13-9/h2-4H,1H3,(H,14,15). The normalized spacial score (nSPS) is 10.4. The maximum atomic E-state index is 10.7. The highest BCUT2D eigenvalue weighted by Crippen LogP contribution is 2.25. The fourth-order valence-corrected chi connectivity index (χ4v) is 1.52. The number of aromatic carboxylic acids is 1. The van der Waals surface area contributed by atoms with Crippen molar-refractivity contribution in [1.29, 1.82) is 0 Å². The van der Waals surface area contributed by atoms with Gasteiger partial charge in [0.15, 0.2) is 5.65 Å². The lowest BCUT2D eigenvalue weighted by atomic mass is 10.2. The Kier molecular flexibility index (Phi) is 2.62. The molecule has 0 aliphatic rings. The van der Waals surface area contributed by atoms with Crippen LogP contribution in [-0.2, 0) is 0 Å². The van der Waals surface area contributed by atoms with E-state index in [1.807, 2.05) is 0 Å². The number of methoxy groups -OCH3 is 1. The summed E-state index contributed by atoms with van der Waals surface area (Å²) in [5, 5.41) is 9.68. The summed E-state index contributed by atoms with van der Waals surface area (Å²) >= 11 is 5.87. The first-order chi connectivity index (χ1) is 7.61. The van der Waals surface area contributed by atoms with E-state index in [2.05, 4.69) is 9.97 Å². The van der Waals surface area contributed by atoms with Crippen LogP contribution in [0.3, 0.4) is 0 Å². The molecular formula is C10H7ClN2O3. The number of pyridine rings is 2. The van der Waals surface area contributed by atoms with Gasteiger partial charge in [-0.3, -0.25) is 0 Å². The number of fused-ring (bicyclic) bond motifs is 1. The SMILES string of the molecule is COc1nc2ncc(C(=O)O)cc2cc1Cl. The average Bonchev–Trinajstić information content (AvgIpc) is 2.27. The van der Waals surface area contributed by atoms with Gasteiger partial charge in [-0.25, -0.2) is 9.78 Å². The predicted octanol–water partition coefficient (Wildman–Crippen LogP) is 1.99. The molecule has 0 atom stereocenters. The minimum Gasteiger partial charge on any atom is -0.480 e. The van der Waals surface area contributed by atoms with E-state index in [-0.39, 0.29) is 11.4 Å². The molecule has 0 fully saturated rings. The second-order valence-electron chi connectivity index (χ2n) is 3.06. The first-order valence-electron chi connectivity index (χ1n) is 4.35. The second-order valence-corrected chi connectivity index (χ2v) is 3.46. The second kappa shape index (κ2) is 3.94. The van der Waals surface area contributed by atoms with Crippen LogP contribution in [0.15, 0.2) is 18.3 Å². The summed E-state index contributed by atoms with van der Waals surface area (Å²) in [6.07, 6.45) is 1.24. The molecule has 0 aromatic carbocycles. The summed E-state index contributed by atoms with van der Waals surface area (Å²) in [6, 6.07) is 3.03. The number of halogens is 1. The Morgan fingerprint density at radius 2 is 2.25 bits per heavy atom. The molecule has 0 radical (unpaired) electrons. The van der Waals surface area contributed by atoms with Crippen LogP contribution in [0.25, 0.3) is 11.0 Å². The molecule has 82 valence electrons. The number of nitrogens with zero attached hydrogens (tertiary/aromatic N) is 2. The van der Waals surface area contributed by atoms with Gasteiger partial charge < -0.3 is 9.84 Å². The van der Waals surface area contributed by atoms with E-state index >= 15 is 0 Å². The number of hydrogen-bond acceptors (Lipinski definition) is 4. The van der Waals surface area contributed by atoms with Crippen LogP contribution in [0.2, 0.25) is 5.02 Å². The van der Waals surface area contributed by atoms with Gasteiger partial charge in [0.05, 0.1) is 12.7 Å². The molecule has 2 rings (SSSR count). The van der Waals surface area contributed by atoms with Gasteiger partial charge >= 0.3 is 5.97 Å². The molecule has 0 saturated heterocycles. The van der Waals surface area contributed by atoms with E-state index in [9.17, 15) is 4.79 Å². The highest BCUT2D eigenvalue weighted by molar-refractivity contribution is 6.32. The maximum Gasteiger partial charge on any atom is 0.337 e. The number of ether oxygens (including phenoxy) is 1. The van der Waals surface area contributed by atoms with Crippen molar-refractivity contribution in [3.63, 3.8) is 0 Å². The van der Waals surface area contributed by atoms with Gasteiger partial charge in [0, 0.05) is 11.6 Å². The molecule has 0 unspecified atom stereocenters. The molecule has 2 heterocycles. The van der Waals surface area contributed by atoms with E-state index in [1.165, 1.54) is 19.4 Å². The van der Waals surface area contributed by atoms with Crippen molar-refractivity contribution in [2.24, 2.45) is 0 Å². The third-order valence-electron chi connectivity index (χ3n) is 2.03.